The first kappa shape index (κ1) is 28.7. The quantitative estimate of drug-likeness (QED) is 0.174. The van der Waals surface area contributed by atoms with Gasteiger partial charge in [0.05, 0.1) is 36.8 Å². The Morgan fingerprint density at radius 2 is 1.90 bits per heavy atom. The number of fused-ring (bicyclic) bond motifs is 1. The zero-order chi connectivity index (χ0) is 28.3. The van der Waals surface area contributed by atoms with Crippen LogP contribution in [0, 0.1) is 17.8 Å². The molecule has 4 atom stereocenters. The van der Waals surface area contributed by atoms with Gasteiger partial charge < -0.3 is 30.1 Å². The van der Waals surface area contributed by atoms with Crippen molar-refractivity contribution in [2.24, 2.45) is 17.8 Å². The van der Waals surface area contributed by atoms with E-state index < -0.39 is 49.4 Å². The lowest BCUT2D eigenvalue weighted by atomic mass is 9.68. The first-order valence-corrected chi connectivity index (χ1v) is 13.0. The summed E-state index contributed by atoms with van der Waals surface area (Å²) in [6, 6.07) is 12.9. The number of nitrogens with zero attached hydrogens (tertiary/aromatic N) is 1. The topological polar surface area (TPSA) is 148 Å². The number of carbonyl (C=O) groups excluding carboxylic acids is 2. The normalized spacial score (nSPS) is 22.4. The Morgan fingerprint density at radius 3 is 2.56 bits per heavy atom. The third-order valence-electron chi connectivity index (χ3n) is 7.64. The Morgan fingerprint density at radius 1 is 1.15 bits per heavy atom. The van der Waals surface area contributed by atoms with Gasteiger partial charge in [-0.15, -0.1) is 0 Å². The van der Waals surface area contributed by atoms with Crippen LogP contribution in [0.1, 0.15) is 31.7 Å². The van der Waals surface area contributed by atoms with Crippen molar-refractivity contribution >= 4 is 36.2 Å². The molecule has 1 aliphatic heterocycles. The molecular weight excluding hydrogens is 501 g/mol. The van der Waals surface area contributed by atoms with E-state index in [0.717, 1.165) is 10.5 Å². The largest absolute Gasteiger partial charge is 0.507 e. The molecule has 1 saturated heterocycles. The summed E-state index contributed by atoms with van der Waals surface area (Å²) in [7, 11) is -0.249. The highest BCUT2D eigenvalue weighted by Crippen LogP contribution is 2.47. The number of hydrogen-bond donors (Lipinski definition) is 5. The average molecular weight is 535 g/mol. The van der Waals surface area contributed by atoms with Crippen molar-refractivity contribution in [3.05, 3.63) is 70.8 Å². The van der Waals surface area contributed by atoms with Crippen molar-refractivity contribution in [3.63, 3.8) is 0 Å². The number of phenolic OH excluding ortho intramolecular Hbond substituents is 1. The molecule has 2 amide bonds. The lowest BCUT2D eigenvalue weighted by molar-refractivity contribution is -0.123. The van der Waals surface area contributed by atoms with Crippen LogP contribution in [0.25, 0.3) is 6.08 Å². The second-order valence-corrected chi connectivity index (χ2v) is 10.2. The van der Waals surface area contributed by atoms with Crippen LogP contribution in [-0.4, -0.2) is 70.7 Å². The highest BCUT2D eigenvalue weighted by molar-refractivity contribution is 6.58. The number of aliphatic hydroxyl groups is 2. The molecule has 5 N–H and O–H groups in total. The molecule has 206 valence electrons. The van der Waals surface area contributed by atoms with Crippen molar-refractivity contribution in [2.75, 3.05) is 25.2 Å². The molecule has 1 heterocycles. The maximum Gasteiger partial charge on any atom is 0.488 e. The van der Waals surface area contributed by atoms with E-state index >= 15 is 0 Å². The van der Waals surface area contributed by atoms with Crippen molar-refractivity contribution in [1.82, 2.24) is 0 Å². The predicted molar refractivity (Wildman–Crippen MR) is 147 cm³/mol. The third-order valence-corrected chi connectivity index (χ3v) is 7.64. The van der Waals surface area contributed by atoms with Gasteiger partial charge >= 0.3 is 7.12 Å². The van der Waals surface area contributed by atoms with E-state index in [0.29, 0.717) is 29.6 Å². The summed E-state index contributed by atoms with van der Waals surface area (Å²) in [4.78, 5) is 28.2. The molecule has 0 bridgehead atoms. The first-order valence-electron chi connectivity index (χ1n) is 13.0. The molecule has 1 aliphatic carbocycles. The van der Waals surface area contributed by atoms with E-state index in [2.05, 4.69) is 0 Å². The van der Waals surface area contributed by atoms with Crippen LogP contribution in [0.3, 0.4) is 0 Å². The van der Waals surface area contributed by atoms with Crippen LogP contribution in [0.15, 0.2) is 65.3 Å². The number of amides is 2. The summed E-state index contributed by atoms with van der Waals surface area (Å²) in [5.74, 6) is -3.15. The van der Waals surface area contributed by atoms with Gasteiger partial charge in [-0.05, 0) is 61.0 Å². The first-order chi connectivity index (χ1) is 18.7. The van der Waals surface area contributed by atoms with Gasteiger partial charge in [0.2, 0.25) is 11.8 Å². The number of ether oxygens (including phenoxy) is 1. The van der Waals surface area contributed by atoms with Crippen LogP contribution < -0.4 is 10.4 Å². The van der Waals surface area contributed by atoms with E-state index in [9.17, 15) is 35.0 Å². The van der Waals surface area contributed by atoms with E-state index in [4.69, 9.17) is 4.74 Å². The second kappa shape index (κ2) is 12.3. The predicted octanol–water partition coefficient (Wildman–Crippen LogP) is 1.38. The molecule has 0 radical (unpaired) electrons. The number of aliphatic hydroxyl groups excluding tert-OH is 2. The Balaban J connectivity index is 1.60. The Labute approximate surface area is 227 Å². The molecule has 1 fully saturated rings. The smallest absolute Gasteiger partial charge is 0.488 e. The molecule has 2 aromatic rings. The number of methoxy groups -OCH3 is 1. The van der Waals surface area contributed by atoms with Crippen LogP contribution in [0.4, 0.5) is 5.69 Å². The molecule has 4 rings (SSSR count). The van der Waals surface area contributed by atoms with Crippen LogP contribution in [0.2, 0.25) is 0 Å². The van der Waals surface area contributed by atoms with Crippen LogP contribution in [-0.2, 0) is 14.3 Å². The van der Waals surface area contributed by atoms with Gasteiger partial charge in [0.1, 0.15) is 5.75 Å². The monoisotopic (exact) mass is 535 g/mol. The van der Waals surface area contributed by atoms with Gasteiger partial charge in [-0.3, -0.25) is 14.5 Å². The van der Waals surface area contributed by atoms with E-state index in [1.54, 1.807) is 24.3 Å². The number of allylic oxidation sites excluding steroid dienone is 1. The minimum Gasteiger partial charge on any atom is -0.507 e. The number of benzene rings is 2. The average Bonchev–Trinajstić information content (AvgIpc) is 3.17. The van der Waals surface area contributed by atoms with Crippen molar-refractivity contribution in [3.8, 4) is 5.75 Å². The maximum absolute atomic E-state index is 13.6. The molecule has 0 aromatic heterocycles. The zero-order valence-corrected chi connectivity index (χ0v) is 22.0. The number of para-hydroxylation sites is 1. The molecule has 39 heavy (non-hydrogen) atoms. The van der Waals surface area contributed by atoms with Crippen molar-refractivity contribution < 1.29 is 39.7 Å². The van der Waals surface area contributed by atoms with Crippen molar-refractivity contribution in [1.29, 1.82) is 0 Å². The molecular formula is C29H34BNO8. The second-order valence-electron chi connectivity index (χ2n) is 10.2. The van der Waals surface area contributed by atoms with Gasteiger partial charge in [-0.25, -0.2) is 0 Å². The third kappa shape index (κ3) is 5.85. The van der Waals surface area contributed by atoms with E-state index in [1.807, 2.05) is 19.1 Å². The standard InChI is InChI=1S/C29H34BNO8/c1-17(12-18-6-3-4-9-24(18)33)10-11-25(34)26-19(16-39-2)13-22-27(23(26)15-32)29(36)31(28(22)35)21-8-5-7-20(14-21)30(37)38/h3-9,12,14,22-23,25,27,32-34,37-38H,10-11,13,15-16H2,1-2H3/b17-12+/t22-,23+,25-,27-/m1/s1. The molecule has 0 saturated carbocycles. The molecule has 9 nitrogen and oxygen atoms in total. The van der Waals surface area contributed by atoms with Crippen LogP contribution in [0.5, 0.6) is 5.75 Å². The van der Waals surface area contributed by atoms with Gasteiger partial charge in [0.25, 0.3) is 0 Å². The summed E-state index contributed by atoms with van der Waals surface area (Å²) in [6.45, 7) is 1.61. The molecule has 10 heteroatoms. The molecule has 2 aromatic carbocycles. The Hall–Kier alpha value is -3.28. The number of carbonyl (C=O) groups is 2. The SMILES string of the molecule is COCC1=C([C@H](O)CC/C(C)=C/c2ccccc2O)[C@H](CO)[C@@H]2C(=O)N(c3cccc(B(O)O)c3)C(=O)[C@@H]2C1. The van der Waals surface area contributed by atoms with Crippen molar-refractivity contribution in [2.45, 2.75) is 32.3 Å². The summed E-state index contributed by atoms with van der Waals surface area (Å²) < 4.78 is 5.38. The maximum atomic E-state index is 13.6. The Bertz CT molecular complexity index is 1290. The Kier molecular flexibility index (Phi) is 9.04. The number of aromatic hydroxyl groups is 1. The molecule has 0 unspecified atom stereocenters. The van der Waals surface area contributed by atoms with Crippen LogP contribution >= 0.6 is 0 Å². The summed E-state index contributed by atoms with van der Waals surface area (Å²) in [6.07, 6.45) is 1.89. The minimum atomic E-state index is -1.76. The number of rotatable bonds is 10. The lowest BCUT2D eigenvalue weighted by Gasteiger charge is -2.36. The van der Waals surface area contributed by atoms with Gasteiger partial charge in [-0.1, -0.05) is 42.0 Å². The number of anilines is 1. The summed E-state index contributed by atoms with van der Waals surface area (Å²) in [5.41, 5.74) is 3.19. The molecule has 0 spiro atoms. The fourth-order valence-electron chi connectivity index (χ4n) is 5.81. The number of phenols is 1. The fourth-order valence-corrected chi connectivity index (χ4v) is 5.81. The number of imide groups is 1. The highest BCUT2D eigenvalue weighted by Gasteiger charge is 2.55. The van der Waals surface area contributed by atoms with E-state index in [1.165, 1.54) is 25.3 Å². The summed E-state index contributed by atoms with van der Waals surface area (Å²) >= 11 is 0. The van der Waals surface area contributed by atoms with Gasteiger partial charge in [-0.2, -0.15) is 0 Å². The minimum absolute atomic E-state index is 0.142. The number of hydrogen-bond acceptors (Lipinski definition) is 8. The fraction of sp³-hybridized carbons (Fsp3) is 0.379. The van der Waals surface area contributed by atoms with Gasteiger partial charge in [0.15, 0.2) is 0 Å². The zero-order valence-electron chi connectivity index (χ0n) is 22.0. The summed E-state index contributed by atoms with van der Waals surface area (Å²) in [5, 5.41) is 50.9. The van der Waals surface area contributed by atoms with E-state index in [-0.39, 0.29) is 29.9 Å². The highest BCUT2D eigenvalue weighted by atomic mass is 16.5. The lowest BCUT2D eigenvalue weighted by Crippen LogP contribution is -2.39. The molecule has 2 aliphatic rings. The van der Waals surface area contributed by atoms with Gasteiger partial charge in [0, 0.05) is 18.6 Å².